The van der Waals surface area contributed by atoms with Gasteiger partial charge in [0, 0.05) is 18.5 Å². The first kappa shape index (κ1) is 23.3. The molecule has 0 spiro atoms. The summed E-state index contributed by atoms with van der Waals surface area (Å²) in [6.07, 6.45) is 1.92. The van der Waals surface area contributed by atoms with E-state index in [4.69, 9.17) is 9.47 Å². The molecular weight excluding hydrogens is 410 g/mol. The largest absolute Gasteiger partial charge is 0.497 e. The van der Waals surface area contributed by atoms with Gasteiger partial charge < -0.3 is 19.5 Å². The fourth-order valence-electron chi connectivity index (χ4n) is 4.98. The third-order valence-corrected chi connectivity index (χ3v) is 6.75. The molecule has 0 aliphatic carbocycles. The van der Waals surface area contributed by atoms with E-state index in [9.17, 15) is 5.11 Å². The average Bonchev–Trinajstić information content (AvgIpc) is 2.88. The molecule has 4 rings (SSSR count). The topological polar surface area (TPSA) is 41.9 Å². The van der Waals surface area contributed by atoms with E-state index < -0.39 is 5.60 Å². The van der Waals surface area contributed by atoms with Crippen molar-refractivity contribution in [2.75, 3.05) is 33.4 Å². The van der Waals surface area contributed by atoms with Crippen molar-refractivity contribution in [2.24, 2.45) is 11.8 Å². The Hall–Kier alpha value is -2.82. The van der Waals surface area contributed by atoms with Crippen molar-refractivity contribution in [1.82, 2.24) is 4.90 Å². The van der Waals surface area contributed by atoms with Crippen LogP contribution >= 0.6 is 0 Å². The van der Waals surface area contributed by atoms with E-state index >= 15 is 0 Å². The molecule has 0 saturated carbocycles. The number of rotatable bonds is 9. The fourth-order valence-corrected chi connectivity index (χ4v) is 4.98. The van der Waals surface area contributed by atoms with Crippen LogP contribution in [0, 0.1) is 11.8 Å². The molecule has 33 heavy (non-hydrogen) atoms. The van der Waals surface area contributed by atoms with Crippen molar-refractivity contribution in [2.45, 2.75) is 25.4 Å². The predicted molar refractivity (Wildman–Crippen MR) is 133 cm³/mol. The Morgan fingerprint density at radius 3 is 2.03 bits per heavy atom. The molecule has 4 nitrogen and oxygen atoms in total. The van der Waals surface area contributed by atoms with Crippen LogP contribution in [0.1, 0.15) is 30.9 Å². The summed E-state index contributed by atoms with van der Waals surface area (Å²) in [5.74, 6) is 2.25. The lowest BCUT2D eigenvalue weighted by molar-refractivity contribution is -0.0164. The van der Waals surface area contributed by atoms with E-state index in [0.717, 1.165) is 55.1 Å². The van der Waals surface area contributed by atoms with Crippen molar-refractivity contribution < 1.29 is 14.6 Å². The zero-order valence-corrected chi connectivity index (χ0v) is 19.7. The first-order valence-corrected chi connectivity index (χ1v) is 11.9. The molecule has 4 heteroatoms. The molecule has 174 valence electrons. The lowest BCUT2D eigenvalue weighted by Crippen LogP contribution is -2.45. The van der Waals surface area contributed by atoms with E-state index in [0.29, 0.717) is 12.5 Å². The lowest BCUT2D eigenvalue weighted by Gasteiger charge is -2.42. The molecular formula is C29H35NO3. The second kappa shape index (κ2) is 10.9. The molecule has 3 aromatic rings. The SMILES string of the molecule is COc1cccc(OCC(C)CN2CCC(C(O)(c3ccccc3)c3ccccc3)CC2)c1. The van der Waals surface area contributed by atoms with Gasteiger partial charge in [-0.05, 0) is 55.1 Å². The van der Waals surface area contributed by atoms with Crippen molar-refractivity contribution in [3.8, 4) is 11.5 Å². The van der Waals surface area contributed by atoms with E-state index in [2.05, 4.69) is 36.1 Å². The second-order valence-electron chi connectivity index (χ2n) is 9.17. The Kier molecular flexibility index (Phi) is 7.69. The summed E-state index contributed by atoms with van der Waals surface area (Å²) in [7, 11) is 1.67. The third-order valence-electron chi connectivity index (χ3n) is 6.75. The molecule has 1 N–H and O–H groups in total. The minimum absolute atomic E-state index is 0.182. The Balaban J connectivity index is 1.36. The van der Waals surface area contributed by atoms with Crippen LogP contribution in [0.5, 0.6) is 11.5 Å². The molecule has 0 radical (unpaired) electrons. The standard InChI is InChI=1S/C29H35NO3/c1-23(22-33-28-15-9-14-27(20-28)32-2)21-30-18-16-26(17-19-30)29(31,24-10-5-3-6-11-24)25-12-7-4-8-13-25/h3-15,20,23,26,31H,16-19,21-22H2,1-2H3. The second-order valence-corrected chi connectivity index (χ2v) is 9.17. The number of piperidine rings is 1. The van der Waals surface area contributed by atoms with Crippen LogP contribution < -0.4 is 9.47 Å². The first-order valence-electron chi connectivity index (χ1n) is 11.9. The normalized spacial score (nSPS) is 16.3. The summed E-state index contributed by atoms with van der Waals surface area (Å²) in [5.41, 5.74) is 1.000. The molecule has 1 aliphatic rings. The van der Waals surface area contributed by atoms with Gasteiger partial charge in [-0.2, -0.15) is 0 Å². The zero-order chi connectivity index (χ0) is 23.1. The summed E-state index contributed by atoms with van der Waals surface area (Å²) in [5, 5.41) is 12.1. The van der Waals surface area contributed by atoms with Crippen LogP contribution in [0.3, 0.4) is 0 Å². The number of benzene rings is 3. The van der Waals surface area contributed by atoms with Gasteiger partial charge in [-0.1, -0.05) is 73.7 Å². The molecule has 1 atom stereocenters. The van der Waals surface area contributed by atoms with Crippen LogP contribution in [-0.4, -0.2) is 43.4 Å². The molecule has 1 aliphatic heterocycles. The molecule has 1 fully saturated rings. The van der Waals surface area contributed by atoms with Crippen molar-refractivity contribution in [3.63, 3.8) is 0 Å². The van der Waals surface area contributed by atoms with Gasteiger partial charge in [0.2, 0.25) is 0 Å². The van der Waals surface area contributed by atoms with Gasteiger partial charge in [0.15, 0.2) is 0 Å². The Morgan fingerprint density at radius 2 is 1.45 bits per heavy atom. The highest BCUT2D eigenvalue weighted by Crippen LogP contribution is 2.41. The third kappa shape index (κ3) is 5.58. The van der Waals surface area contributed by atoms with Gasteiger partial charge in [0.05, 0.1) is 13.7 Å². The van der Waals surface area contributed by atoms with Gasteiger partial charge in [0.1, 0.15) is 17.1 Å². The van der Waals surface area contributed by atoms with E-state index in [1.807, 2.05) is 60.7 Å². The monoisotopic (exact) mass is 445 g/mol. The highest BCUT2D eigenvalue weighted by molar-refractivity contribution is 5.37. The van der Waals surface area contributed by atoms with Gasteiger partial charge in [-0.25, -0.2) is 0 Å². The lowest BCUT2D eigenvalue weighted by atomic mass is 9.72. The molecule has 0 amide bonds. The van der Waals surface area contributed by atoms with Crippen LogP contribution in [0.4, 0.5) is 0 Å². The van der Waals surface area contributed by atoms with Crippen LogP contribution in [0.2, 0.25) is 0 Å². The molecule has 3 aromatic carbocycles. The number of nitrogens with zero attached hydrogens (tertiary/aromatic N) is 1. The molecule has 1 unspecified atom stereocenters. The minimum Gasteiger partial charge on any atom is -0.497 e. The maximum absolute atomic E-state index is 12.1. The van der Waals surface area contributed by atoms with Crippen LogP contribution in [-0.2, 0) is 5.60 Å². The Bertz CT molecular complexity index is 945. The number of aliphatic hydroxyl groups is 1. The zero-order valence-electron chi connectivity index (χ0n) is 19.7. The minimum atomic E-state index is -0.963. The van der Waals surface area contributed by atoms with Gasteiger partial charge in [-0.15, -0.1) is 0 Å². The summed E-state index contributed by atoms with van der Waals surface area (Å²) in [6, 6.07) is 28.1. The van der Waals surface area contributed by atoms with Crippen molar-refractivity contribution in [3.05, 3.63) is 96.1 Å². The maximum Gasteiger partial charge on any atom is 0.122 e. The summed E-state index contributed by atoms with van der Waals surface area (Å²) < 4.78 is 11.3. The van der Waals surface area contributed by atoms with E-state index in [1.54, 1.807) is 7.11 Å². The van der Waals surface area contributed by atoms with Crippen LogP contribution in [0.25, 0.3) is 0 Å². The number of ether oxygens (including phenoxy) is 2. The summed E-state index contributed by atoms with van der Waals surface area (Å²) >= 11 is 0. The first-order chi connectivity index (χ1) is 16.1. The predicted octanol–water partition coefficient (Wildman–Crippen LogP) is 5.36. The highest BCUT2D eigenvalue weighted by atomic mass is 16.5. The van der Waals surface area contributed by atoms with Gasteiger partial charge in [-0.3, -0.25) is 0 Å². The average molecular weight is 446 g/mol. The number of hydrogen-bond acceptors (Lipinski definition) is 4. The molecule has 0 aromatic heterocycles. The van der Waals surface area contributed by atoms with Crippen LogP contribution in [0.15, 0.2) is 84.9 Å². The van der Waals surface area contributed by atoms with E-state index in [1.165, 1.54) is 0 Å². The maximum atomic E-state index is 12.1. The van der Waals surface area contributed by atoms with E-state index in [-0.39, 0.29) is 5.92 Å². The van der Waals surface area contributed by atoms with Gasteiger partial charge >= 0.3 is 0 Å². The smallest absolute Gasteiger partial charge is 0.122 e. The highest BCUT2D eigenvalue weighted by Gasteiger charge is 2.41. The quantitative estimate of drug-likeness (QED) is 0.482. The number of likely N-dealkylation sites (tertiary alicyclic amines) is 1. The number of hydrogen-bond donors (Lipinski definition) is 1. The van der Waals surface area contributed by atoms with Gasteiger partial charge in [0.25, 0.3) is 0 Å². The van der Waals surface area contributed by atoms with Crippen molar-refractivity contribution >= 4 is 0 Å². The Morgan fingerprint density at radius 1 is 0.879 bits per heavy atom. The summed E-state index contributed by atoms with van der Waals surface area (Å²) in [6.45, 7) is 5.86. The molecule has 1 saturated heterocycles. The molecule has 0 bridgehead atoms. The molecule has 1 heterocycles. The Labute approximate surface area is 197 Å². The fraction of sp³-hybridized carbons (Fsp3) is 0.379. The number of methoxy groups -OCH3 is 1. The summed E-state index contributed by atoms with van der Waals surface area (Å²) in [4.78, 5) is 2.51. The van der Waals surface area contributed by atoms with Crippen molar-refractivity contribution in [1.29, 1.82) is 0 Å².